The predicted octanol–water partition coefficient (Wildman–Crippen LogP) is 4.12. The minimum absolute atomic E-state index is 0.0625. The van der Waals surface area contributed by atoms with Crippen molar-refractivity contribution in [1.82, 2.24) is 15.1 Å². The van der Waals surface area contributed by atoms with Crippen molar-refractivity contribution in [1.29, 1.82) is 0 Å². The van der Waals surface area contributed by atoms with Gasteiger partial charge in [-0.25, -0.2) is 4.79 Å². The molecule has 4 rings (SSSR count). The van der Waals surface area contributed by atoms with E-state index in [9.17, 15) is 4.79 Å². The molecule has 160 valence electrons. The summed E-state index contributed by atoms with van der Waals surface area (Å²) >= 11 is 0. The molecule has 7 heteroatoms. The Labute approximate surface area is 182 Å². The molecule has 0 radical (unpaired) electrons. The number of carbonyl (C=O) groups excluding carboxylic acids is 1. The Kier molecular flexibility index (Phi) is 6.02. The number of aryl methyl sites for hydroxylation is 2. The number of piperazine rings is 1. The second-order valence-electron chi connectivity index (χ2n) is 7.73. The molecule has 1 aliphatic rings. The molecule has 1 fully saturated rings. The summed E-state index contributed by atoms with van der Waals surface area (Å²) < 4.78 is 5.20. The van der Waals surface area contributed by atoms with Crippen LogP contribution in [0.2, 0.25) is 0 Å². The minimum Gasteiger partial charge on any atom is -0.497 e. The number of nitrogens with zero attached hydrogens (tertiary/aromatic N) is 4. The van der Waals surface area contributed by atoms with Crippen LogP contribution in [-0.2, 0) is 0 Å². The molecule has 0 atom stereocenters. The SMILES string of the molecule is COc1ccc(-c2ccc(N3CCN(C(=O)Nc4ccc(C)cc4C)CC3)nn2)cc1. The van der Waals surface area contributed by atoms with Crippen molar-refractivity contribution in [2.45, 2.75) is 13.8 Å². The normalized spacial score (nSPS) is 13.8. The van der Waals surface area contributed by atoms with Crippen LogP contribution in [0.1, 0.15) is 11.1 Å². The van der Waals surface area contributed by atoms with Gasteiger partial charge < -0.3 is 19.9 Å². The number of nitrogens with one attached hydrogen (secondary N) is 1. The molecule has 7 nitrogen and oxygen atoms in total. The lowest BCUT2D eigenvalue weighted by molar-refractivity contribution is 0.208. The van der Waals surface area contributed by atoms with Crippen molar-refractivity contribution in [3.8, 4) is 17.0 Å². The molecule has 2 amide bonds. The van der Waals surface area contributed by atoms with Gasteiger partial charge >= 0.3 is 6.03 Å². The lowest BCUT2D eigenvalue weighted by Crippen LogP contribution is -2.50. The Morgan fingerprint density at radius 2 is 1.68 bits per heavy atom. The highest BCUT2D eigenvalue weighted by Crippen LogP contribution is 2.22. The van der Waals surface area contributed by atoms with Gasteiger partial charge in [0.15, 0.2) is 5.82 Å². The quantitative estimate of drug-likeness (QED) is 0.691. The molecule has 0 aliphatic carbocycles. The maximum absolute atomic E-state index is 12.7. The van der Waals surface area contributed by atoms with E-state index in [-0.39, 0.29) is 6.03 Å². The molecule has 31 heavy (non-hydrogen) atoms. The molecule has 0 unspecified atom stereocenters. The van der Waals surface area contributed by atoms with Gasteiger partial charge in [-0.05, 0) is 61.9 Å². The number of hydrogen-bond donors (Lipinski definition) is 1. The predicted molar refractivity (Wildman–Crippen MR) is 123 cm³/mol. The van der Waals surface area contributed by atoms with Gasteiger partial charge in [-0.15, -0.1) is 10.2 Å². The first-order chi connectivity index (χ1) is 15.0. The molecule has 2 aromatic carbocycles. The highest BCUT2D eigenvalue weighted by molar-refractivity contribution is 5.90. The van der Waals surface area contributed by atoms with Crippen molar-refractivity contribution in [3.63, 3.8) is 0 Å². The van der Waals surface area contributed by atoms with Crippen molar-refractivity contribution in [2.75, 3.05) is 43.5 Å². The average molecular weight is 418 g/mol. The maximum Gasteiger partial charge on any atom is 0.321 e. The Morgan fingerprint density at radius 3 is 2.29 bits per heavy atom. The van der Waals surface area contributed by atoms with E-state index in [2.05, 4.69) is 26.5 Å². The zero-order valence-electron chi connectivity index (χ0n) is 18.1. The topological polar surface area (TPSA) is 70.6 Å². The van der Waals surface area contributed by atoms with Crippen molar-refractivity contribution in [3.05, 3.63) is 65.7 Å². The third-order valence-electron chi connectivity index (χ3n) is 5.55. The zero-order valence-corrected chi connectivity index (χ0v) is 18.1. The minimum atomic E-state index is -0.0625. The van der Waals surface area contributed by atoms with E-state index in [0.29, 0.717) is 13.1 Å². The van der Waals surface area contributed by atoms with Gasteiger partial charge in [0.2, 0.25) is 0 Å². The number of aromatic nitrogens is 2. The summed E-state index contributed by atoms with van der Waals surface area (Å²) in [4.78, 5) is 16.7. The number of methoxy groups -OCH3 is 1. The van der Waals surface area contributed by atoms with Crippen LogP contribution in [0.15, 0.2) is 54.6 Å². The van der Waals surface area contributed by atoms with Gasteiger partial charge in [0.05, 0.1) is 12.8 Å². The smallest absolute Gasteiger partial charge is 0.321 e. The van der Waals surface area contributed by atoms with Crippen LogP contribution < -0.4 is 15.0 Å². The van der Waals surface area contributed by atoms with Crippen molar-refractivity contribution >= 4 is 17.5 Å². The van der Waals surface area contributed by atoms with E-state index in [0.717, 1.165) is 47.2 Å². The van der Waals surface area contributed by atoms with Crippen LogP contribution in [0.3, 0.4) is 0 Å². The summed E-state index contributed by atoms with van der Waals surface area (Å²) in [5.74, 6) is 1.64. The number of amides is 2. The van der Waals surface area contributed by atoms with Crippen molar-refractivity contribution in [2.24, 2.45) is 0 Å². The lowest BCUT2D eigenvalue weighted by Gasteiger charge is -2.35. The first-order valence-corrected chi connectivity index (χ1v) is 10.4. The second kappa shape index (κ2) is 9.04. The van der Waals surface area contributed by atoms with Gasteiger partial charge in [0, 0.05) is 37.4 Å². The van der Waals surface area contributed by atoms with Gasteiger partial charge in [0.1, 0.15) is 5.75 Å². The number of carbonyl (C=O) groups is 1. The largest absolute Gasteiger partial charge is 0.497 e. The van der Waals surface area contributed by atoms with Gasteiger partial charge in [0.25, 0.3) is 0 Å². The molecule has 0 spiro atoms. The lowest BCUT2D eigenvalue weighted by atomic mass is 10.1. The Hall–Kier alpha value is -3.61. The molecule has 1 N–H and O–H groups in total. The summed E-state index contributed by atoms with van der Waals surface area (Å²) in [5.41, 5.74) is 4.92. The number of anilines is 2. The number of hydrogen-bond acceptors (Lipinski definition) is 5. The van der Waals surface area contributed by atoms with E-state index in [1.807, 2.05) is 67.3 Å². The van der Waals surface area contributed by atoms with Crippen LogP contribution in [0.25, 0.3) is 11.3 Å². The molecule has 1 aliphatic heterocycles. The fourth-order valence-corrected chi connectivity index (χ4v) is 3.70. The summed E-state index contributed by atoms with van der Waals surface area (Å²) in [6.07, 6.45) is 0. The Bertz CT molecular complexity index is 1040. The molecule has 0 bridgehead atoms. The van der Waals surface area contributed by atoms with Gasteiger partial charge in [-0.3, -0.25) is 0 Å². The number of benzene rings is 2. The van der Waals surface area contributed by atoms with Crippen LogP contribution in [0.4, 0.5) is 16.3 Å². The molecular weight excluding hydrogens is 390 g/mol. The number of ether oxygens (including phenoxy) is 1. The molecule has 0 saturated carbocycles. The van der Waals surface area contributed by atoms with E-state index in [1.165, 1.54) is 5.56 Å². The highest BCUT2D eigenvalue weighted by Gasteiger charge is 2.22. The molecule has 1 aromatic heterocycles. The summed E-state index contributed by atoms with van der Waals surface area (Å²) in [5, 5.41) is 11.8. The summed E-state index contributed by atoms with van der Waals surface area (Å²) in [6, 6.07) is 17.7. The fraction of sp³-hybridized carbons (Fsp3) is 0.292. The van der Waals surface area contributed by atoms with Crippen molar-refractivity contribution < 1.29 is 9.53 Å². The average Bonchev–Trinajstić information content (AvgIpc) is 2.81. The first kappa shape index (κ1) is 20.7. The third kappa shape index (κ3) is 4.77. The highest BCUT2D eigenvalue weighted by atomic mass is 16.5. The Balaban J connectivity index is 1.34. The van der Waals surface area contributed by atoms with E-state index in [1.54, 1.807) is 7.11 Å². The first-order valence-electron chi connectivity index (χ1n) is 10.4. The maximum atomic E-state index is 12.7. The molecular formula is C24H27N5O2. The van der Waals surface area contributed by atoms with E-state index in [4.69, 9.17) is 4.74 Å². The third-order valence-corrected chi connectivity index (χ3v) is 5.55. The number of rotatable bonds is 4. The van der Waals surface area contributed by atoms with Gasteiger partial charge in [-0.1, -0.05) is 17.7 Å². The van der Waals surface area contributed by atoms with Crippen LogP contribution in [0, 0.1) is 13.8 Å². The number of urea groups is 1. The summed E-state index contributed by atoms with van der Waals surface area (Å²) in [7, 11) is 1.65. The van der Waals surface area contributed by atoms with Gasteiger partial charge in [-0.2, -0.15) is 0 Å². The summed E-state index contributed by atoms with van der Waals surface area (Å²) in [6.45, 7) is 6.77. The second-order valence-corrected chi connectivity index (χ2v) is 7.73. The molecule has 3 aromatic rings. The van der Waals surface area contributed by atoms with Crippen LogP contribution in [-0.4, -0.2) is 54.4 Å². The zero-order chi connectivity index (χ0) is 21.8. The standard InChI is InChI=1S/C24H27N5O2/c1-17-4-9-21(18(2)16-17)25-24(30)29-14-12-28(13-15-29)23-11-10-22(26-27-23)19-5-7-20(31-3)8-6-19/h4-11,16H,12-15H2,1-3H3,(H,25,30). The molecule has 1 saturated heterocycles. The van der Waals surface area contributed by atoms with Crippen LogP contribution >= 0.6 is 0 Å². The fourth-order valence-electron chi connectivity index (χ4n) is 3.70. The van der Waals surface area contributed by atoms with E-state index < -0.39 is 0 Å². The molecule has 2 heterocycles. The van der Waals surface area contributed by atoms with Crippen LogP contribution in [0.5, 0.6) is 5.75 Å². The Morgan fingerprint density at radius 1 is 0.935 bits per heavy atom. The monoisotopic (exact) mass is 417 g/mol. The van der Waals surface area contributed by atoms with E-state index >= 15 is 0 Å².